The molecule has 24 heavy (non-hydrogen) atoms. The Morgan fingerprint density at radius 2 is 1.96 bits per heavy atom. The summed E-state index contributed by atoms with van der Waals surface area (Å²) >= 11 is 1.21. The van der Waals surface area contributed by atoms with E-state index < -0.39 is 6.10 Å². The van der Waals surface area contributed by atoms with E-state index in [0.717, 1.165) is 16.1 Å². The van der Waals surface area contributed by atoms with Gasteiger partial charge in [0.1, 0.15) is 0 Å². The van der Waals surface area contributed by atoms with E-state index in [9.17, 15) is 14.7 Å². The molecule has 130 valence electrons. The predicted molar refractivity (Wildman–Crippen MR) is 96.3 cm³/mol. The van der Waals surface area contributed by atoms with Gasteiger partial charge in [0, 0.05) is 29.6 Å². The molecule has 0 saturated carbocycles. The summed E-state index contributed by atoms with van der Waals surface area (Å²) in [5.41, 5.74) is 1.76. The maximum absolute atomic E-state index is 12.1. The van der Waals surface area contributed by atoms with Crippen LogP contribution in [0.5, 0.6) is 0 Å². The average molecular weight is 348 g/mol. The summed E-state index contributed by atoms with van der Waals surface area (Å²) in [6, 6.07) is 9.25. The number of rotatable bonds is 7. The van der Waals surface area contributed by atoms with Crippen molar-refractivity contribution in [2.75, 3.05) is 0 Å². The number of thiazole rings is 1. The largest absolute Gasteiger partial charge is 0.388 e. The van der Waals surface area contributed by atoms with Crippen LogP contribution in [0.1, 0.15) is 42.0 Å². The van der Waals surface area contributed by atoms with Crippen LogP contribution in [-0.4, -0.2) is 21.6 Å². The Hall–Kier alpha value is -1.92. The summed E-state index contributed by atoms with van der Waals surface area (Å²) < 4.78 is 1.64. The number of carbonyl (C=O) groups excluding carboxylic acids is 1. The van der Waals surface area contributed by atoms with E-state index in [1.54, 1.807) is 4.57 Å². The zero-order valence-electron chi connectivity index (χ0n) is 14.3. The lowest BCUT2D eigenvalue weighted by molar-refractivity contribution is -0.122. The summed E-state index contributed by atoms with van der Waals surface area (Å²) in [5.74, 6) is -0.113. The first-order valence-corrected chi connectivity index (χ1v) is 8.89. The lowest BCUT2D eigenvalue weighted by atomic mass is 10.0. The van der Waals surface area contributed by atoms with E-state index >= 15 is 0 Å². The van der Waals surface area contributed by atoms with Gasteiger partial charge in [-0.1, -0.05) is 41.7 Å². The second-order valence-electron chi connectivity index (χ2n) is 6.04. The van der Waals surface area contributed by atoms with Gasteiger partial charge in [-0.2, -0.15) is 0 Å². The number of hydrogen-bond donors (Lipinski definition) is 2. The SMILES string of the molecule is Cc1sc(=O)n(CCC(=O)NC(C)CC(O)c2ccccc2)c1C. The molecular formula is C18H24N2O3S. The molecule has 1 aromatic heterocycles. The van der Waals surface area contributed by atoms with Crippen molar-refractivity contribution < 1.29 is 9.90 Å². The quantitative estimate of drug-likeness (QED) is 0.808. The molecule has 1 heterocycles. The standard InChI is InChI=1S/C18H24N2O3S/c1-12(11-16(21)15-7-5-4-6-8-15)19-17(22)9-10-20-13(2)14(3)24-18(20)23/h4-8,12,16,21H,9-11H2,1-3H3,(H,19,22). The van der Waals surface area contributed by atoms with Crippen LogP contribution >= 0.6 is 11.3 Å². The summed E-state index contributed by atoms with van der Waals surface area (Å²) in [4.78, 5) is 24.8. The Kier molecular flexibility index (Phi) is 6.34. The molecule has 1 amide bonds. The first-order valence-electron chi connectivity index (χ1n) is 8.07. The second-order valence-corrected chi connectivity index (χ2v) is 7.21. The molecule has 0 spiro atoms. The van der Waals surface area contributed by atoms with E-state index in [1.807, 2.05) is 51.1 Å². The van der Waals surface area contributed by atoms with Crippen LogP contribution in [0.15, 0.2) is 35.1 Å². The highest BCUT2D eigenvalue weighted by Gasteiger charge is 2.15. The monoisotopic (exact) mass is 348 g/mol. The maximum atomic E-state index is 12.1. The van der Waals surface area contributed by atoms with Gasteiger partial charge < -0.3 is 15.0 Å². The molecule has 0 bridgehead atoms. The lowest BCUT2D eigenvalue weighted by Crippen LogP contribution is -2.34. The third-order valence-corrected chi connectivity index (χ3v) is 5.10. The first kappa shape index (κ1) is 18.4. The number of nitrogens with zero attached hydrogens (tertiary/aromatic N) is 1. The molecule has 2 unspecified atom stereocenters. The molecular weight excluding hydrogens is 324 g/mol. The fourth-order valence-corrected chi connectivity index (χ4v) is 3.47. The molecule has 0 aliphatic heterocycles. The van der Waals surface area contributed by atoms with E-state index in [4.69, 9.17) is 0 Å². The van der Waals surface area contributed by atoms with Gasteiger partial charge in [0.15, 0.2) is 0 Å². The minimum Gasteiger partial charge on any atom is -0.388 e. The smallest absolute Gasteiger partial charge is 0.307 e. The summed E-state index contributed by atoms with van der Waals surface area (Å²) in [7, 11) is 0. The fourth-order valence-electron chi connectivity index (χ4n) is 2.61. The minimum atomic E-state index is -0.606. The molecule has 2 atom stereocenters. The zero-order valence-corrected chi connectivity index (χ0v) is 15.1. The molecule has 2 rings (SSSR count). The van der Waals surface area contributed by atoms with E-state index in [-0.39, 0.29) is 23.2 Å². The van der Waals surface area contributed by atoms with Crippen molar-refractivity contribution in [2.45, 2.75) is 52.3 Å². The molecule has 6 heteroatoms. The normalized spacial score (nSPS) is 13.5. The van der Waals surface area contributed by atoms with E-state index in [1.165, 1.54) is 11.3 Å². The van der Waals surface area contributed by atoms with Crippen LogP contribution in [0, 0.1) is 13.8 Å². The number of nitrogens with one attached hydrogen (secondary N) is 1. The third kappa shape index (κ3) is 4.79. The van der Waals surface area contributed by atoms with Crippen molar-refractivity contribution in [3.8, 4) is 0 Å². The molecule has 2 N–H and O–H groups in total. The number of benzene rings is 1. The van der Waals surface area contributed by atoms with E-state index in [0.29, 0.717) is 13.0 Å². The Morgan fingerprint density at radius 3 is 2.54 bits per heavy atom. The topological polar surface area (TPSA) is 71.3 Å². The molecule has 1 aromatic carbocycles. The molecule has 0 aliphatic rings. The van der Waals surface area contributed by atoms with Crippen LogP contribution in [0.2, 0.25) is 0 Å². The predicted octanol–water partition coefficient (Wildman–Crippen LogP) is 2.55. The van der Waals surface area contributed by atoms with Gasteiger partial charge in [-0.05, 0) is 32.8 Å². The van der Waals surface area contributed by atoms with Crippen molar-refractivity contribution >= 4 is 17.2 Å². The van der Waals surface area contributed by atoms with E-state index in [2.05, 4.69) is 5.32 Å². The van der Waals surface area contributed by atoms with Crippen molar-refractivity contribution in [2.24, 2.45) is 0 Å². The van der Waals surface area contributed by atoms with Crippen molar-refractivity contribution in [1.82, 2.24) is 9.88 Å². The zero-order chi connectivity index (χ0) is 17.7. The molecule has 0 aliphatic carbocycles. The summed E-state index contributed by atoms with van der Waals surface area (Å²) in [5, 5.41) is 13.1. The van der Waals surface area contributed by atoms with Crippen molar-refractivity contribution in [3.63, 3.8) is 0 Å². The molecule has 0 fully saturated rings. The summed E-state index contributed by atoms with van der Waals surface area (Å²) in [6.07, 6.45) is 0.0977. The fraction of sp³-hybridized carbons (Fsp3) is 0.444. The maximum Gasteiger partial charge on any atom is 0.307 e. The van der Waals surface area contributed by atoms with Gasteiger partial charge in [0.2, 0.25) is 5.91 Å². The average Bonchev–Trinajstić information content (AvgIpc) is 2.78. The Bertz CT molecular complexity index is 736. The highest BCUT2D eigenvalue weighted by Crippen LogP contribution is 2.17. The second kappa shape index (κ2) is 8.26. The highest BCUT2D eigenvalue weighted by molar-refractivity contribution is 7.09. The lowest BCUT2D eigenvalue weighted by Gasteiger charge is -2.18. The van der Waals surface area contributed by atoms with Crippen molar-refractivity contribution in [1.29, 1.82) is 0 Å². The number of aryl methyl sites for hydroxylation is 1. The van der Waals surface area contributed by atoms with Crippen LogP contribution in [0.4, 0.5) is 0 Å². The van der Waals surface area contributed by atoms with Gasteiger partial charge in [-0.3, -0.25) is 9.59 Å². The van der Waals surface area contributed by atoms with Gasteiger partial charge in [0.05, 0.1) is 6.10 Å². The Labute approximate surface area is 146 Å². The highest BCUT2D eigenvalue weighted by atomic mass is 32.1. The van der Waals surface area contributed by atoms with Gasteiger partial charge >= 0.3 is 4.87 Å². The third-order valence-electron chi connectivity index (χ3n) is 4.11. The first-order chi connectivity index (χ1) is 11.4. The van der Waals surface area contributed by atoms with Crippen molar-refractivity contribution in [3.05, 3.63) is 56.1 Å². The molecule has 5 nitrogen and oxygen atoms in total. The molecule has 2 aromatic rings. The van der Waals surface area contributed by atoms with Crippen LogP contribution in [0.3, 0.4) is 0 Å². The van der Waals surface area contributed by atoms with Gasteiger partial charge in [-0.15, -0.1) is 0 Å². The number of aliphatic hydroxyl groups excluding tert-OH is 1. The molecule has 0 radical (unpaired) electrons. The Balaban J connectivity index is 1.82. The van der Waals surface area contributed by atoms with Crippen LogP contribution < -0.4 is 10.2 Å². The summed E-state index contributed by atoms with van der Waals surface area (Å²) in [6.45, 7) is 6.06. The number of hydrogen-bond acceptors (Lipinski definition) is 4. The number of amides is 1. The molecule has 0 saturated heterocycles. The van der Waals surface area contributed by atoms with Crippen LogP contribution in [0.25, 0.3) is 0 Å². The van der Waals surface area contributed by atoms with Gasteiger partial charge in [-0.25, -0.2) is 0 Å². The minimum absolute atomic E-state index is 0.0228. The Morgan fingerprint density at radius 1 is 1.29 bits per heavy atom. The number of carbonyl (C=O) groups is 1. The van der Waals surface area contributed by atoms with Gasteiger partial charge in [0.25, 0.3) is 0 Å². The number of aliphatic hydroxyl groups is 1. The van der Waals surface area contributed by atoms with Crippen LogP contribution in [-0.2, 0) is 11.3 Å². The number of aromatic nitrogens is 1.